The second-order valence-corrected chi connectivity index (χ2v) is 5.58. The quantitative estimate of drug-likeness (QED) is 0.769. The molecule has 20 heavy (non-hydrogen) atoms. The van der Waals surface area contributed by atoms with Crippen LogP contribution in [0.25, 0.3) is 0 Å². The van der Waals surface area contributed by atoms with Gasteiger partial charge < -0.3 is 10.6 Å². The van der Waals surface area contributed by atoms with Crippen LogP contribution in [0.5, 0.6) is 0 Å². The Morgan fingerprint density at radius 2 is 2.15 bits per heavy atom. The highest BCUT2D eigenvalue weighted by Crippen LogP contribution is 2.29. The molecule has 1 heterocycles. The number of aryl methyl sites for hydroxylation is 1. The van der Waals surface area contributed by atoms with E-state index in [-0.39, 0.29) is 17.8 Å². The number of unbranched alkanes of at least 4 members (excludes halogenated alkanes) is 2. The van der Waals surface area contributed by atoms with Crippen molar-refractivity contribution in [3.63, 3.8) is 0 Å². The second-order valence-electron chi connectivity index (χ2n) is 5.58. The lowest BCUT2D eigenvalue weighted by molar-refractivity contribution is -0.116. The standard InChI is InChI=1S/C16H23FN2O/c1-3-4-5-6-11(2)18-15-10-14-12(9-13(15)17)7-8-16(20)19-14/h9-11,18H,3-8H2,1-2H3,(H,19,20). The van der Waals surface area contributed by atoms with E-state index in [9.17, 15) is 9.18 Å². The fourth-order valence-corrected chi connectivity index (χ4v) is 2.55. The molecular weight excluding hydrogens is 255 g/mol. The number of carbonyl (C=O) groups excluding carboxylic acids is 1. The van der Waals surface area contributed by atoms with Crippen molar-refractivity contribution in [3.05, 3.63) is 23.5 Å². The molecular formula is C16H23FN2O. The molecule has 0 aromatic heterocycles. The second kappa shape index (κ2) is 6.73. The summed E-state index contributed by atoms with van der Waals surface area (Å²) in [5, 5.41) is 6.02. The summed E-state index contributed by atoms with van der Waals surface area (Å²) >= 11 is 0. The molecule has 0 radical (unpaired) electrons. The van der Waals surface area contributed by atoms with Gasteiger partial charge in [0.25, 0.3) is 0 Å². The van der Waals surface area contributed by atoms with E-state index in [0.29, 0.717) is 18.5 Å². The Labute approximate surface area is 120 Å². The molecule has 3 nitrogen and oxygen atoms in total. The zero-order valence-corrected chi connectivity index (χ0v) is 12.3. The third-order valence-corrected chi connectivity index (χ3v) is 3.73. The summed E-state index contributed by atoms with van der Waals surface area (Å²) in [6, 6.07) is 3.49. The minimum absolute atomic E-state index is 0.00560. The van der Waals surface area contributed by atoms with Crippen molar-refractivity contribution in [2.75, 3.05) is 10.6 Å². The number of halogens is 1. The number of fused-ring (bicyclic) bond motifs is 1. The van der Waals surface area contributed by atoms with Crippen molar-refractivity contribution in [1.82, 2.24) is 0 Å². The van der Waals surface area contributed by atoms with Gasteiger partial charge in [0.15, 0.2) is 0 Å². The van der Waals surface area contributed by atoms with E-state index < -0.39 is 0 Å². The minimum Gasteiger partial charge on any atom is -0.380 e. The molecule has 1 unspecified atom stereocenters. The summed E-state index contributed by atoms with van der Waals surface area (Å²) in [4.78, 5) is 11.4. The number of rotatable bonds is 6. The molecule has 1 aliphatic heterocycles. The van der Waals surface area contributed by atoms with Crippen LogP contribution in [0, 0.1) is 5.82 Å². The fourth-order valence-electron chi connectivity index (χ4n) is 2.55. The van der Waals surface area contributed by atoms with Crippen LogP contribution in [0.1, 0.15) is 51.5 Å². The molecule has 1 amide bonds. The maximum absolute atomic E-state index is 14.0. The van der Waals surface area contributed by atoms with Crippen molar-refractivity contribution >= 4 is 17.3 Å². The summed E-state index contributed by atoms with van der Waals surface area (Å²) in [5.74, 6) is -0.228. The first-order chi connectivity index (χ1) is 9.60. The van der Waals surface area contributed by atoms with Crippen LogP contribution in [0.3, 0.4) is 0 Å². The zero-order chi connectivity index (χ0) is 14.5. The van der Waals surface area contributed by atoms with Crippen LogP contribution < -0.4 is 10.6 Å². The van der Waals surface area contributed by atoms with Crippen LogP contribution >= 0.6 is 0 Å². The molecule has 0 fully saturated rings. The summed E-state index contributed by atoms with van der Waals surface area (Å²) in [7, 11) is 0. The van der Waals surface area contributed by atoms with Gasteiger partial charge >= 0.3 is 0 Å². The normalized spacial score (nSPS) is 15.4. The maximum Gasteiger partial charge on any atom is 0.224 e. The molecule has 0 bridgehead atoms. The number of amides is 1. The first kappa shape index (κ1) is 14.8. The fraction of sp³-hybridized carbons (Fsp3) is 0.562. The maximum atomic E-state index is 14.0. The Hall–Kier alpha value is -1.58. The van der Waals surface area contributed by atoms with Crippen molar-refractivity contribution in [1.29, 1.82) is 0 Å². The van der Waals surface area contributed by atoms with Gasteiger partial charge in [0.05, 0.1) is 5.69 Å². The van der Waals surface area contributed by atoms with Gasteiger partial charge in [-0.2, -0.15) is 0 Å². The van der Waals surface area contributed by atoms with Gasteiger partial charge in [-0.25, -0.2) is 4.39 Å². The number of nitrogens with one attached hydrogen (secondary N) is 2. The average Bonchev–Trinajstić information content (AvgIpc) is 2.40. The first-order valence-corrected chi connectivity index (χ1v) is 7.49. The van der Waals surface area contributed by atoms with E-state index in [2.05, 4.69) is 24.5 Å². The van der Waals surface area contributed by atoms with E-state index in [4.69, 9.17) is 0 Å². The molecule has 0 saturated heterocycles. The molecule has 2 rings (SSSR count). The third-order valence-electron chi connectivity index (χ3n) is 3.73. The Morgan fingerprint density at radius 3 is 2.90 bits per heavy atom. The topological polar surface area (TPSA) is 41.1 Å². The van der Waals surface area contributed by atoms with Gasteiger partial charge in [0.1, 0.15) is 5.82 Å². The van der Waals surface area contributed by atoms with E-state index >= 15 is 0 Å². The molecule has 4 heteroatoms. The molecule has 0 spiro atoms. The first-order valence-electron chi connectivity index (χ1n) is 7.49. The van der Waals surface area contributed by atoms with E-state index in [0.717, 1.165) is 24.1 Å². The Balaban J connectivity index is 2.04. The highest BCUT2D eigenvalue weighted by Gasteiger charge is 2.18. The van der Waals surface area contributed by atoms with Gasteiger partial charge in [-0.3, -0.25) is 4.79 Å². The molecule has 0 aliphatic carbocycles. The van der Waals surface area contributed by atoms with E-state index in [1.165, 1.54) is 18.9 Å². The predicted molar refractivity (Wildman–Crippen MR) is 80.6 cm³/mol. The Bertz CT molecular complexity index is 488. The Kier molecular flexibility index (Phi) is 4.99. The zero-order valence-electron chi connectivity index (χ0n) is 12.3. The molecule has 1 atom stereocenters. The number of anilines is 2. The lowest BCUT2D eigenvalue weighted by Crippen LogP contribution is -2.21. The Morgan fingerprint density at radius 1 is 1.35 bits per heavy atom. The minimum atomic E-state index is -0.234. The predicted octanol–water partition coefficient (Wildman–Crippen LogP) is 4.09. The number of benzene rings is 1. The van der Waals surface area contributed by atoms with Crippen LogP contribution in [0.15, 0.2) is 12.1 Å². The molecule has 1 aromatic carbocycles. The summed E-state index contributed by atoms with van der Waals surface area (Å²) < 4.78 is 14.0. The SMILES string of the molecule is CCCCCC(C)Nc1cc2c(cc1F)CCC(=O)N2. The van der Waals surface area contributed by atoms with Gasteiger partial charge in [-0.1, -0.05) is 26.2 Å². The van der Waals surface area contributed by atoms with E-state index in [1.54, 1.807) is 6.07 Å². The smallest absolute Gasteiger partial charge is 0.224 e. The average molecular weight is 278 g/mol. The van der Waals surface area contributed by atoms with Crippen LogP contribution in [-0.4, -0.2) is 11.9 Å². The monoisotopic (exact) mass is 278 g/mol. The summed E-state index contributed by atoms with van der Waals surface area (Å²) in [6.45, 7) is 4.23. The van der Waals surface area contributed by atoms with Crippen molar-refractivity contribution in [2.24, 2.45) is 0 Å². The largest absolute Gasteiger partial charge is 0.380 e. The van der Waals surface area contributed by atoms with E-state index in [1.807, 2.05) is 0 Å². The van der Waals surface area contributed by atoms with Gasteiger partial charge in [0, 0.05) is 18.2 Å². The molecule has 1 aliphatic rings. The number of hydrogen-bond acceptors (Lipinski definition) is 2. The van der Waals surface area contributed by atoms with Crippen LogP contribution in [0.4, 0.5) is 15.8 Å². The van der Waals surface area contributed by atoms with Crippen LogP contribution in [0.2, 0.25) is 0 Å². The summed E-state index contributed by atoms with van der Waals surface area (Å²) in [6.07, 6.45) is 5.61. The van der Waals surface area contributed by atoms with Crippen molar-refractivity contribution in [2.45, 2.75) is 58.4 Å². The highest BCUT2D eigenvalue weighted by atomic mass is 19.1. The third kappa shape index (κ3) is 3.71. The number of carbonyl (C=O) groups is 1. The van der Waals surface area contributed by atoms with Crippen molar-refractivity contribution < 1.29 is 9.18 Å². The van der Waals surface area contributed by atoms with Gasteiger partial charge in [-0.05, 0) is 37.5 Å². The molecule has 1 aromatic rings. The summed E-state index contributed by atoms with van der Waals surface area (Å²) in [5.41, 5.74) is 2.10. The molecule has 110 valence electrons. The van der Waals surface area contributed by atoms with Gasteiger partial charge in [-0.15, -0.1) is 0 Å². The highest BCUT2D eigenvalue weighted by molar-refractivity contribution is 5.94. The van der Waals surface area contributed by atoms with Crippen molar-refractivity contribution in [3.8, 4) is 0 Å². The van der Waals surface area contributed by atoms with Crippen LogP contribution in [-0.2, 0) is 11.2 Å². The molecule has 2 N–H and O–H groups in total. The lowest BCUT2D eigenvalue weighted by Gasteiger charge is -2.21. The number of hydrogen-bond donors (Lipinski definition) is 2. The lowest BCUT2D eigenvalue weighted by atomic mass is 10.0. The molecule has 0 saturated carbocycles. The van der Waals surface area contributed by atoms with Gasteiger partial charge in [0.2, 0.25) is 5.91 Å².